The molecule has 1 fully saturated rings. The Labute approximate surface area is 120 Å². The first-order valence-corrected chi connectivity index (χ1v) is 7.24. The summed E-state index contributed by atoms with van der Waals surface area (Å²) in [6.45, 7) is 3.66. The van der Waals surface area contributed by atoms with Crippen molar-refractivity contribution in [3.8, 4) is 0 Å². The Hall–Kier alpha value is -1.39. The van der Waals surface area contributed by atoms with Crippen LogP contribution in [-0.4, -0.2) is 38.8 Å². The zero-order valence-corrected chi connectivity index (χ0v) is 12.3. The summed E-state index contributed by atoms with van der Waals surface area (Å²) in [5.74, 6) is 0.685. The molecule has 2 N–H and O–H groups in total. The van der Waals surface area contributed by atoms with Crippen molar-refractivity contribution in [3.63, 3.8) is 0 Å². The summed E-state index contributed by atoms with van der Waals surface area (Å²) < 4.78 is 4.89. The van der Waals surface area contributed by atoms with Gasteiger partial charge in [0.15, 0.2) is 0 Å². The van der Waals surface area contributed by atoms with Crippen LogP contribution in [0.1, 0.15) is 29.9 Å². The maximum atomic E-state index is 11.5. The molecule has 0 heterocycles. The predicted octanol–water partition coefficient (Wildman–Crippen LogP) is 1.59. The van der Waals surface area contributed by atoms with Gasteiger partial charge in [0.25, 0.3) is 0 Å². The normalized spacial score (nSPS) is 21.3. The number of carbonyl (C=O) groups is 1. The molecule has 0 aromatic heterocycles. The van der Waals surface area contributed by atoms with Crippen LogP contribution in [0.4, 0.5) is 0 Å². The monoisotopic (exact) mass is 276 g/mol. The zero-order valence-electron chi connectivity index (χ0n) is 12.3. The first kappa shape index (κ1) is 15.0. The molecule has 0 aliphatic heterocycles. The van der Waals surface area contributed by atoms with Crippen LogP contribution in [0.2, 0.25) is 0 Å². The SMILES string of the molecule is COCCNC(=O)CNC1CC(c2cccc(C)c2)C1. The van der Waals surface area contributed by atoms with E-state index in [-0.39, 0.29) is 5.91 Å². The van der Waals surface area contributed by atoms with Crippen molar-refractivity contribution in [2.24, 2.45) is 0 Å². The van der Waals surface area contributed by atoms with Crippen LogP contribution >= 0.6 is 0 Å². The Bertz CT molecular complexity index is 442. The van der Waals surface area contributed by atoms with Gasteiger partial charge in [-0.15, -0.1) is 0 Å². The van der Waals surface area contributed by atoms with Crippen molar-refractivity contribution < 1.29 is 9.53 Å². The molecule has 0 saturated heterocycles. The summed E-state index contributed by atoms with van der Waals surface area (Å²) in [6, 6.07) is 9.18. The van der Waals surface area contributed by atoms with Crippen molar-refractivity contribution in [1.29, 1.82) is 0 Å². The molecule has 0 unspecified atom stereocenters. The fraction of sp³-hybridized carbons (Fsp3) is 0.562. The molecule has 4 nitrogen and oxygen atoms in total. The number of amides is 1. The highest BCUT2D eigenvalue weighted by molar-refractivity contribution is 5.78. The molecule has 0 spiro atoms. The standard InChI is InChI=1S/C16H24N2O2/c1-12-4-3-5-13(8-12)14-9-15(10-14)18-11-16(19)17-6-7-20-2/h3-5,8,14-15,18H,6-7,9-11H2,1-2H3,(H,17,19). The Morgan fingerprint density at radius 1 is 1.40 bits per heavy atom. The summed E-state index contributed by atoms with van der Waals surface area (Å²) in [5.41, 5.74) is 2.74. The lowest BCUT2D eigenvalue weighted by Crippen LogP contribution is -2.45. The first-order valence-electron chi connectivity index (χ1n) is 7.24. The van der Waals surface area contributed by atoms with E-state index in [2.05, 4.69) is 41.8 Å². The maximum absolute atomic E-state index is 11.5. The minimum atomic E-state index is 0.0426. The number of carbonyl (C=O) groups excluding carboxylic acids is 1. The number of benzene rings is 1. The summed E-state index contributed by atoms with van der Waals surface area (Å²) in [6.07, 6.45) is 2.24. The Morgan fingerprint density at radius 2 is 2.20 bits per heavy atom. The van der Waals surface area contributed by atoms with Gasteiger partial charge in [-0.05, 0) is 31.2 Å². The van der Waals surface area contributed by atoms with Gasteiger partial charge in [0.1, 0.15) is 0 Å². The fourth-order valence-electron chi connectivity index (χ4n) is 2.57. The molecule has 1 aromatic rings. The van der Waals surface area contributed by atoms with Crippen LogP contribution in [-0.2, 0) is 9.53 Å². The van der Waals surface area contributed by atoms with E-state index in [1.165, 1.54) is 11.1 Å². The van der Waals surface area contributed by atoms with Crippen molar-refractivity contribution in [2.45, 2.75) is 31.7 Å². The van der Waals surface area contributed by atoms with Gasteiger partial charge in [-0.25, -0.2) is 0 Å². The molecule has 0 bridgehead atoms. The summed E-state index contributed by atoms with van der Waals surface area (Å²) >= 11 is 0. The number of methoxy groups -OCH3 is 1. The molecular weight excluding hydrogens is 252 g/mol. The smallest absolute Gasteiger partial charge is 0.234 e. The van der Waals surface area contributed by atoms with Crippen molar-refractivity contribution in [2.75, 3.05) is 26.8 Å². The Morgan fingerprint density at radius 3 is 2.90 bits per heavy atom. The third kappa shape index (κ3) is 4.32. The highest BCUT2D eigenvalue weighted by Crippen LogP contribution is 2.36. The number of hydrogen-bond donors (Lipinski definition) is 2. The van der Waals surface area contributed by atoms with Crippen LogP contribution in [0.3, 0.4) is 0 Å². The van der Waals surface area contributed by atoms with Crippen molar-refractivity contribution in [1.82, 2.24) is 10.6 Å². The molecule has 1 aliphatic rings. The largest absolute Gasteiger partial charge is 0.383 e. The second kappa shape index (κ2) is 7.41. The van der Waals surface area contributed by atoms with Crippen LogP contribution in [0.25, 0.3) is 0 Å². The fourth-order valence-corrected chi connectivity index (χ4v) is 2.57. The van der Waals surface area contributed by atoms with Crippen molar-refractivity contribution in [3.05, 3.63) is 35.4 Å². The third-order valence-corrected chi connectivity index (χ3v) is 3.83. The lowest BCUT2D eigenvalue weighted by atomic mass is 9.75. The lowest BCUT2D eigenvalue weighted by molar-refractivity contribution is -0.120. The van der Waals surface area contributed by atoms with Gasteiger partial charge in [0.05, 0.1) is 13.2 Å². The van der Waals surface area contributed by atoms with Crippen LogP contribution < -0.4 is 10.6 Å². The highest BCUT2D eigenvalue weighted by Gasteiger charge is 2.30. The quantitative estimate of drug-likeness (QED) is 0.744. The Kier molecular flexibility index (Phi) is 5.56. The average Bonchev–Trinajstić information content (AvgIpc) is 2.37. The molecule has 0 atom stereocenters. The maximum Gasteiger partial charge on any atom is 0.234 e. The number of ether oxygens (including phenoxy) is 1. The molecule has 0 radical (unpaired) electrons. The number of aryl methyl sites for hydroxylation is 1. The van der Waals surface area contributed by atoms with Crippen LogP contribution in [0.5, 0.6) is 0 Å². The van der Waals surface area contributed by atoms with E-state index >= 15 is 0 Å². The lowest BCUT2D eigenvalue weighted by Gasteiger charge is -2.36. The van der Waals surface area contributed by atoms with E-state index in [0.717, 1.165) is 12.8 Å². The van der Waals surface area contributed by atoms with Gasteiger partial charge in [0, 0.05) is 19.7 Å². The van der Waals surface area contributed by atoms with E-state index in [0.29, 0.717) is 31.7 Å². The van der Waals surface area contributed by atoms with Crippen LogP contribution in [0, 0.1) is 6.92 Å². The number of nitrogens with one attached hydrogen (secondary N) is 2. The summed E-state index contributed by atoms with van der Waals surface area (Å²) in [4.78, 5) is 11.5. The molecule has 20 heavy (non-hydrogen) atoms. The first-order chi connectivity index (χ1) is 9.69. The molecule has 1 aliphatic carbocycles. The van der Waals surface area contributed by atoms with E-state index in [1.807, 2.05) is 0 Å². The molecule has 1 saturated carbocycles. The van der Waals surface area contributed by atoms with Gasteiger partial charge >= 0.3 is 0 Å². The number of rotatable bonds is 7. The molecule has 4 heteroatoms. The molecular formula is C16H24N2O2. The topological polar surface area (TPSA) is 50.4 Å². The van der Waals surface area contributed by atoms with E-state index in [1.54, 1.807) is 7.11 Å². The second-order valence-electron chi connectivity index (χ2n) is 5.50. The number of hydrogen-bond acceptors (Lipinski definition) is 3. The Balaban J connectivity index is 1.63. The van der Waals surface area contributed by atoms with E-state index in [4.69, 9.17) is 4.74 Å². The third-order valence-electron chi connectivity index (χ3n) is 3.83. The minimum Gasteiger partial charge on any atom is -0.383 e. The van der Waals surface area contributed by atoms with Crippen molar-refractivity contribution >= 4 is 5.91 Å². The van der Waals surface area contributed by atoms with Crippen LogP contribution in [0.15, 0.2) is 24.3 Å². The van der Waals surface area contributed by atoms with Gasteiger partial charge in [-0.3, -0.25) is 4.79 Å². The van der Waals surface area contributed by atoms with Gasteiger partial charge in [0.2, 0.25) is 5.91 Å². The van der Waals surface area contributed by atoms with E-state index in [9.17, 15) is 4.79 Å². The summed E-state index contributed by atoms with van der Waals surface area (Å²) in [7, 11) is 1.63. The molecule has 1 aromatic carbocycles. The average molecular weight is 276 g/mol. The summed E-state index contributed by atoms with van der Waals surface area (Å²) in [5, 5.41) is 6.12. The van der Waals surface area contributed by atoms with Gasteiger partial charge in [-0.2, -0.15) is 0 Å². The van der Waals surface area contributed by atoms with Gasteiger partial charge < -0.3 is 15.4 Å². The van der Waals surface area contributed by atoms with E-state index < -0.39 is 0 Å². The minimum absolute atomic E-state index is 0.0426. The second-order valence-corrected chi connectivity index (χ2v) is 5.50. The highest BCUT2D eigenvalue weighted by atomic mass is 16.5. The molecule has 1 amide bonds. The molecule has 2 rings (SSSR count). The van der Waals surface area contributed by atoms with Gasteiger partial charge in [-0.1, -0.05) is 29.8 Å². The molecule has 110 valence electrons. The zero-order chi connectivity index (χ0) is 14.4. The predicted molar refractivity (Wildman–Crippen MR) is 79.8 cm³/mol.